The van der Waals surface area contributed by atoms with E-state index in [9.17, 15) is 14.0 Å². The molecule has 1 aliphatic rings. The molecule has 1 saturated heterocycles. The maximum absolute atomic E-state index is 13.0. The van der Waals surface area contributed by atoms with E-state index >= 15 is 0 Å². The van der Waals surface area contributed by atoms with Crippen LogP contribution in [0, 0.1) is 5.82 Å². The van der Waals surface area contributed by atoms with Crippen molar-refractivity contribution in [2.24, 2.45) is 0 Å². The summed E-state index contributed by atoms with van der Waals surface area (Å²) in [5.41, 5.74) is 0.305. The van der Waals surface area contributed by atoms with Crippen LogP contribution in [0.1, 0.15) is 12.8 Å². The lowest BCUT2D eigenvalue weighted by Crippen LogP contribution is -2.34. The van der Waals surface area contributed by atoms with Crippen LogP contribution in [-0.2, 0) is 9.59 Å². The summed E-state index contributed by atoms with van der Waals surface area (Å²) in [5, 5.41) is 2.68. The Morgan fingerprint density at radius 3 is 2.84 bits per heavy atom. The van der Waals surface area contributed by atoms with Crippen molar-refractivity contribution in [1.29, 1.82) is 0 Å². The molecule has 0 atom stereocenters. The van der Waals surface area contributed by atoms with E-state index < -0.39 is 5.82 Å². The molecular formula is C12H11BrClFN2O2. The Hall–Kier alpha value is -1.14. The fraction of sp³-hybridized carbons (Fsp3) is 0.333. The summed E-state index contributed by atoms with van der Waals surface area (Å²) in [5.74, 6) is -0.881. The minimum absolute atomic E-state index is 0.0149. The first-order chi connectivity index (χ1) is 8.97. The van der Waals surface area contributed by atoms with E-state index in [0.29, 0.717) is 23.1 Å². The average molecular weight is 350 g/mol. The van der Waals surface area contributed by atoms with E-state index in [4.69, 9.17) is 11.6 Å². The van der Waals surface area contributed by atoms with Crippen molar-refractivity contribution >= 4 is 45.0 Å². The Balaban J connectivity index is 2.05. The number of halogens is 3. The molecular weight excluding hydrogens is 338 g/mol. The van der Waals surface area contributed by atoms with Crippen LogP contribution in [0.3, 0.4) is 0 Å². The lowest BCUT2D eigenvalue weighted by molar-refractivity contribution is -0.131. The predicted octanol–water partition coefficient (Wildman–Crippen LogP) is 2.80. The summed E-state index contributed by atoms with van der Waals surface area (Å²) >= 11 is 8.99. The molecule has 1 aliphatic heterocycles. The third-order valence-electron chi connectivity index (χ3n) is 2.78. The fourth-order valence-corrected chi connectivity index (χ4v) is 2.78. The molecule has 1 aromatic carbocycles. The molecule has 0 aliphatic carbocycles. The molecule has 0 bridgehead atoms. The standard InChI is InChI=1S/C12H11BrClFN2O2/c13-8-4-7(15)5-9(14)12(8)16-10(18)6-17-3-1-2-11(17)19/h4-5H,1-3,6H2,(H,16,18). The van der Waals surface area contributed by atoms with Gasteiger partial charge in [0.25, 0.3) is 0 Å². The van der Waals surface area contributed by atoms with Crippen LogP contribution in [0.2, 0.25) is 5.02 Å². The second-order valence-corrected chi connectivity index (χ2v) is 5.47. The van der Waals surface area contributed by atoms with Crippen LogP contribution in [-0.4, -0.2) is 29.8 Å². The summed E-state index contributed by atoms with van der Waals surface area (Å²) in [6.45, 7) is 0.573. The van der Waals surface area contributed by atoms with Gasteiger partial charge < -0.3 is 10.2 Å². The fourth-order valence-electron chi connectivity index (χ4n) is 1.89. The van der Waals surface area contributed by atoms with Crippen molar-refractivity contribution in [3.63, 3.8) is 0 Å². The Morgan fingerprint density at radius 1 is 1.53 bits per heavy atom. The maximum atomic E-state index is 13.0. The van der Waals surface area contributed by atoms with Gasteiger partial charge in [-0.2, -0.15) is 0 Å². The molecule has 102 valence electrons. The first-order valence-corrected chi connectivity index (χ1v) is 6.86. The van der Waals surface area contributed by atoms with E-state index in [-0.39, 0.29) is 23.4 Å². The third kappa shape index (κ3) is 3.45. The predicted molar refractivity (Wildman–Crippen MR) is 73.6 cm³/mol. The molecule has 1 fully saturated rings. The molecule has 7 heteroatoms. The van der Waals surface area contributed by atoms with Gasteiger partial charge in [-0.3, -0.25) is 9.59 Å². The number of likely N-dealkylation sites (tertiary alicyclic amines) is 1. The largest absolute Gasteiger partial charge is 0.333 e. The number of nitrogens with one attached hydrogen (secondary N) is 1. The van der Waals surface area contributed by atoms with Crippen LogP contribution in [0.4, 0.5) is 10.1 Å². The van der Waals surface area contributed by atoms with Gasteiger partial charge in [-0.15, -0.1) is 0 Å². The van der Waals surface area contributed by atoms with Gasteiger partial charge in [-0.1, -0.05) is 11.6 Å². The van der Waals surface area contributed by atoms with Gasteiger partial charge in [0, 0.05) is 17.4 Å². The molecule has 4 nitrogen and oxygen atoms in total. The van der Waals surface area contributed by atoms with Crippen molar-refractivity contribution < 1.29 is 14.0 Å². The smallest absolute Gasteiger partial charge is 0.244 e. The highest BCUT2D eigenvalue weighted by molar-refractivity contribution is 9.10. The van der Waals surface area contributed by atoms with Crippen LogP contribution in [0.25, 0.3) is 0 Å². The van der Waals surface area contributed by atoms with Gasteiger partial charge in [0.05, 0.1) is 17.3 Å². The minimum Gasteiger partial charge on any atom is -0.333 e. The molecule has 0 radical (unpaired) electrons. The van der Waals surface area contributed by atoms with Crippen LogP contribution in [0.5, 0.6) is 0 Å². The zero-order chi connectivity index (χ0) is 14.0. The molecule has 2 rings (SSSR count). The number of benzene rings is 1. The number of amides is 2. The highest BCUT2D eigenvalue weighted by Crippen LogP contribution is 2.31. The molecule has 0 saturated carbocycles. The zero-order valence-corrected chi connectivity index (χ0v) is 12.2. The van der Waals surface area contributed by atoms with Crippen LogP contribution >= 0.6 is 27.5 Å². The first-order valence-electron chi connectivity index (χ1n) is 5.69. The van der Waals surface area contributed by atoms with E-state index in [0.717, 1.165) is 12.5 Å². The number of hydrogen-bond donors (Lipinski definition) is 1. The number of hydrogen-bond acceptors (Lipinski definition) is 2. The quantitative estimate of drug-likeness (QED) is 0.912. The van der Waals surface area contributed by atoms with Crippen molar-refractivity contribution in [3.05, 3.63) is 27.4 Å². The summed E-state index contributed by atoms with van der Waals surface area (Å²) in [6, 6.07) is 2.32. The Morgan fingerprint density at radius 2 is 2.26 bits per heavy atom. The van der Waals surface area contributed by atoms with Crippen molar-refractivity contribution in [3.8, 4) is 0 Å². The molecule has 1 N–H and O–H groups in total. The molecule has 0 unspecified atom stereocenters. The molecule has 19 heavy (non-hydrogen) atoms. The molecule has 0 spiro atoms. The monoisotopic (exact) mass is 348 g/mol. The highest BCUT2D eigenvalue weighted by Gasteiger charge is 2.23. The number of carbonyl (C=O) groups is 2. The molecule has 1 aromatic rings. The first kappa shape index (κ1) is 14.3. The normalized spacial score (nSPS) is 14.9. The maximum Gasteiger partial charge on any atom is 0.244 e. The second-order valence-electron chi connectivity index (χ2n) is 4.21. The summed E-state index contributed by atoms with van der Waals surface area (Å²) in [7, 11) is 0. The van der Waals surface area contributed by atoms with Gasteiger partial charge >= 0.3 is 0 Å². The Labute approximate surface area is 123 Å². The Kier molecular flexibility index (Phi) is 4.42. The van der Waals surface area contributed by atoms with Crippen LogP contribution in [0.15, 0.2) is 16.6 Å². The van der Waals surface area contributed by atoms with E-state index in [2.05, 4.69) is 21.2 Å². The van der Waals surface area contributed by atoms with Gasteiger partial charge in [0.2, 0.25) is 11.8 Å². The van der Waals surface area contributed by atoms with E-state index in [1.807, 2.05) is 0 Å². The lowest BCUT2D eigenvalue weighted by Gasteiger charge is -2.16. The zero-order valence-electron chi connectivity index (χ0n) is 9.88. The van der Waals surface area contributed by atoms with Gasteiger partial charge in [0.15, 0.2) is 0 Å². The summed E-state index contributed by atoms with van der Waals surface area (Å²) in [4.78, 5) is 24.7. The summed E-state index contributed by atoms with van der Waals surface area (Å²) in [6.07, 6.45) is 1.25. The van der Waals surface area contributed by atoms with Crippen molar-refractivity contribution in [2.45, 2.75) is 12.8 Å². The number of nitrogens with zero attached hydrogens (tertiary/aromatic N) is 1. The lowest BCUT2D eigenvalue weighted by atomic mass is 10.3. The van der Waals surface area contributed by atoms with Gasteiger partial charge in [0.1, 0.15) is 5.82 Å². The molecule has 2 amide bonds. The average Bonchev–Trinajstić information content (AvgIpc) is 2.69. The SMILES string of the molecule is O=C(CN1CCCC1=O)Nc1c(Cl)cc(F)cc1Br. The summed E-state index contributed by atoms with van der Waals surface area (Å²) < 4.78 is 13.4. The third-order valence-corrected chi connectivity index (χ3v) is 3.70. The van der Waals surface area contributed by atoms with Crippen molar-refractivity contribution in [1.82, 2.24) is 4.90 Å². The number of rotatable bonds is 3. The number of carbonyl (C=O) groups excluding carboxylic acids is 2. The van der Waals surface area contributed by atoms with E-state index in [1.54, 1.807) is 0 Å². The second kappa shape index (κ2) is 5.88. The van der Waals surface area contributed by atoms with E-state index in [1.165, 1.54) is 11.0 Å². The van der Waals surface area contributed by atoms with Crippen LogP contribution < -0.4 is 5.32 Å². The van der Waals surface area contributed by atoms with Gasteiger partial charge in [-0.25, -0.2) is 4.39 Å². The molecule has 0 aromatic heterocycles. The number of anilines is 1. The highest BCUT2D eigenvalue weighted by atomic mass is 79.9. The van der Waals surface area contributed by atoms with Crippen molar-refractivity contribution in [2.75, 3.05) is 18.4 Å². The molecule has 1 heterocycles. The Bertz CT molecular complexity index is 515. The minimum atomic E-state index is -0.496. The van der Waals surface area contributed by atoms with Gasteiger partial charge in [-0.05, 0) is 34.5 Å². The topological polar surface area (TPSA) is 49.4 Å².